The zero-order valence-electron chi connectivity index (χ0n) is 21.9. The molecule has 3 aromatic carbocycles. The Labute approximate surface area is 219 Å². The minimum Gasteiger partial charge on any atom is -0.494 e. The highest BCUT2D eigenvalue weighted by Gasteiger charge is 2.11. The Morgan fingerprint density at radius 3 is 2.43 bits per heavy atom. The van der Waals surface area contributed by atoms with Crippen LogP contribution in [0.4, 0.5) is 0 Å². The van der Waals surface area contributed by atoms with E-state index in [0.717, 1.165) is 54.8 Å². The Kier molecular flexibility index (Phi) is 9.58. The number of amides is 1. The third kappa shape index (κ3) is 7.59. The Morgan fingerprint density at radius 2 is 1.65 bits per heavy atom. The summed E-state index contributed by atoms with van der Waals surface area (Å²) < 4.78 is 13.8. The average molecular weight is 500 g/mol. The molecule has 0 aliphatic rings. The maximum absolute atomic E-state index is 12.1. The number of hydrogen-bond acceptors (Lipinski definition) is 4. The van der Waals surface area contributed by atoms with Crippen molar-refractivity contribution in [3.05, 3.63) is 90.3 Å². The van der Waals surface area contributed by atoms with Crippen molar-refractivity contribution in [3.63, 3.8) is 0 Å². The van der Waals surface area contributed by atoms with E-state index < -0.39 is 0 Å². The van der Waals surface area contributed by atoms with Gasteiger partial charge in [0.1, 0.15) is 17.3 Å². The number of rotatable bonds is 14. The molecule has 1 unspecified atom stereocenters. The van der Waals surface area contributed by atoms with Gasteiger partial charge in [-0.15, -0.1) is 0 Å². The number of imidazole rings is 1. The summed E-state index contributed by atoms with van der Waals surface area (Å²) in [5.74, 6) is 3.09. The molecule has 0 spiro atoms. The number of fused-ring (bicyclic) bond motifs is 1. The molecule has 1 N–H and O–H groups in total. The monoisotopic (exact) mass is 499 g/mol. The number of ether oxygens (including phenoxy) is 2. The second-order valence-electron chi connectivity index (χ2n) is 9.30. The van der Waals surface area contributed by atoms with Gasteiger partial charge in [-0.05, 0) is 67.1 Å². The molecule has 4 rings (SSSR count). The molecule has 0 aliphatic heterocycles. The molecule has 0 fully saturated rings. The van der Waals surface area contributed by atoms with Gasteiger partial charge in [-0.25, -0.2) is 4.98 Å². The Hall–Kier alpha value is -3.80. The molecule has 1 atom stereocenters. The molecule has 0 saturated carbocycles. The SMILES string of the molecule is CCC(C)c1ccc(OCCCn2c(CCCNC(=O)COc3ccccc3)nc3ccccc32)cc1. The van der Waals surface area contributed by atoms with Crippen LogP contribution in [-0.2, 0) is 17.8 Å². The summed E-state index contributed by atoms with van der Waals surface area (Å²) in [6.07, 6.45) is 3.61. The van der Waals surface area contributed by atoms with Crippen LogP contribution in [0.15, 0.2) is 78.9 Å². The van der Waals surface area contributed by atoms with E-state index in [1.54, 1.807) is 0 Å². The number of hydrogen-bond donors (Lipinski definition) is 1. The normalized spacial score (nSPS) is 11.8. The molecule has 0 saturated heterocycles. The lowest BCUT2D eigenvalue weighted by molar-refractivity contribution is -0.123. The van der Waals surface area contributed by atoms with E-state index >= 15 is 0 Å². The number of aromatic nitrogens is 2. The van der Waals surface area contributed by atoms with Crippen LogP contribution < -0.4 is 14.8 Å². The Balaban J connectivity index is 1.25. The summed E-state index contributed by atoms with van der Waals surface area (Å²) in [5, 5.41) is 2.94. The van der Waals surface area contributed by atoms with Gasteiger partial charge in [0, 0.05) is 19.5 Å². The van der Waals surface area contributed by atoms with Crippen LogP contribution in [0.2, 0.25) is 0 Å². The molecular formula is C31H37N3O3. The third-order valence-corrected chi connectivity index (χ3v) is 6.60. The molecule has 1 heterocycles. The van der Waals surface area contributed by atoms with Gasteiger partial charge in [0.2, 0.25) is 0 Å². The fourth-order valence-electron chi connectivity index (χ4n) is 4.30. The van der Waals surface area contributed by atoms with E-state index in [9.17, 15) is 4.79 Å². The van der Waals surface area contributed by atoms with Crippen molar-refractivity contribution in [1.82, 2.24) is 14.9 Å². The zero-order valence-corrected chi connectivity index (χ0v) is 21.9. The minimum absolute atomic E-state index is 0.0167. The van der Waals surface area contributed by atoms with Crippen LogP contribution >= 0.6 is 0 Å². The quantitative estimate of drug-likeness (QED) is 0.212. The number of nitrogens with zero attached hydrogens (tertiary/aromatic N) is 2. The molecule has 0 radical (unpaired) electrons. The van der Waals surface area contributed by atoms with Gasteiger partial charge in [0.15, 0.2) is 6.61 Å². The lowest BCUT2D eigenvalue weighted by atomic mass is 9.99. The first-order valence-electron chi connectivity index (χ1n) is 13.3. The minimum atomic E-state index is -0.119. The van der Waals surface area contributed by atoms with Gasteiger partial charge in [-0.2, -0.15) is 0 Å². The molecule has 6 nitrogen and oxygen atoms in total. The molecule has 1 aromatic heterocycles. The maximum atomic E-state index is 12.1. The molecule has 37 heavy (non-hydrogen) atoms. The predicted octanol–water partition coefficient (Wildman–Crippen LogP) is 6.15. The number of aryl methyl sites for hydroxylation is 2. The van der Waals surface area contributed by atoms with Crippen LogP contribution in [0, 0.1) is 0 Å². The van der Waals surface area contributed by atoms with Gasteiger partial charge >= 0.3 is 0 Å². The summed E-state index contributed by atoms with van der Waals surface area (Å²) in [6, 6.07) is 26.1. The molecule has 1 amide bonds. The third-order valence-electron chi connectivity index (χ3n) is 6.60. The molecule has 4 aromatic rings. The van der Waals surface area contributed by atoms with Gasteiger partial charge in [0.05, 0.1) is 17.6 Å². The number of carbonyl (C=O) groups excluding carboxylic acids is 1. The maximum Gasteiger partial charge on any atom is 0.257 e. The van der Waals surface area contributed by atoms with Gasteiger partial charge in [-0.1, -0.05) is 56.3 Å². The fourth-order valence-corrected chi connectivity index (χ4v) is 4.30. The van der Waals surface area contributed by atoms with E-state index in [1.165, 1.54) is 5.56 Å². The summed E-state index contributed by atoms with van der Waals surface area (Å²) in [7, 11) is 0. The summed E-state index contributed by atoms with van der Waals surface area (Å²) >= 11 is 0. The van der Waals surface area contributed by atoms with Gasteiger partial charge < -0.3 is 19.4 Å². The first-order valence-corrected chi connectivity index (χ1v) is 13.3. The van der Waals surface area contributed by atoms with Crippen LogP contribution in [0.1, 0.15) is 50.4 Å². The van der Waals surface area contributed by atoms with Crippen LogP contribution in [0.5, 0.6) is 11.5 Å². The highest BCUT2D eigenvalue weighted by molar-refractivity contribution is 5.77. The number of para-hydroxylation sites is 3. The molecule has 0 bridgehead atoms. The largest absolute Gasteiger partial charge is 0.494 e. The Morgan fingerprint density at radius 1 is 0.919 bits per heavy atom. The molecule has 194 valence electrons. The average Bonchev–Trinajstić information content (AvgIpc) is 3.30. The standard InChI is InChI=1S/C31H37N3O3/c1-3-24(2)25-16-18-27(19-17-25)36-22-10-21-34-29-14-8-7-13-28(29)33-30(34)15-9-20-32-31(35)23-37-26-11-5-4-6-12-26/h4-8,11-14,16-19,24H,3,9-10,15,20-23H2,1-2H3,(H,32,35). The summed E-state index contributed by atoms with van der Waals surface area (Å²) in [6.45, 7) is 6.53. The predicted molar refractivity (Wildman–Crippen MR) is 148 cm³/mol. The van der Waals surface area contributed by atoms with Crippen LogP contribution in [0.25, 0.3) is 11.0 Å². The van der Waals surface area contributed by atoms with E-state index in [2.05, 4.69) is 54.1 Å². The van der Waals surface area contributed by atoms with Crippen molar-refractivity contribution in [2.75, 3.05) is 19.8 Å². The van der Waals surface area contributed by atoms with E-state index in [1.807, 2.05) is 48.5 Å². The fraction of sp³-hybridized carbons (Fsp3) is 0.355. The molecular weight excluding hydrogens is 462 g/mol. The lowest BCUT2D eigenvalue weighted by Crippen LogP contribution is -2.30. The molecule has 6 heteroatoms. The van der Waals surface area contributed by atoms with Crippen molar-refractivity contribution in [2.24, 2.45) is 0 Å². The second kappa shape index (κ2) is 13.5. The second-order valence-corrected chi connectivity index (χ2v) is 9.30. The van der Waals surface area contributed by atoms with E-state index in [-0.39, 0.29) is 12.5 Å². The van der Waals surface area contributed by atoms with Gasteiger partial charge in [-0.3, -0.25) is 4.79 Å². The van der Waals surface area contributed by atoms with E-state index in [4.69, 9.17) is 14.5 Å². The molecule has 0 aliphatic carbocycles. The van der Waals surface area contributed by atoms with E-state index in [0.29, 0.717) is 24.8 Å². The smallest absolute Gasteiger partial charge is 0.257 e. The topological polar surface area (TPSA) is 65.4 Å². The highest BCUT2D eigenvalue weighted by atomic mass is 16.5. The van der Waals surface area contributed by atoms with Gasteiger partial charge in [0.25, 0.3) is 5.91 Å². The number of nitrogens with one attached hydrogen (secondary N) is 1. The van der Waals surface area contributed by atoms with Crippen molar-refractivity contribution < 1.29 is 14.3 Å². The first-order chi connectivity index (χ1) is 18.1. The van der Waals surface area contributed by atoms with Crippen LogP contribution in [0.3, 0.4) is 0 Å². The van der Waals surface area contributed by atoms with Crippen molar-refractivity contribution in [2.45, 2.75) is 52.0 Å². The van der Waals surface area contributed by atoms with Crippen molar-refractivity contribution in [1.29, 1.82) is 0 Å². The lowest BCUT2D eigenvalue weighted by Gasteiger charge is -2.12. The zero-order chi connectivity index (χ0) is 25.9. The van der Waals surface area contributed by atoms with Crippen LogP contribution in [-0.4, -0.2) is 35.2 Å². The van der Waals surface area contributed by atoms with Crippen molar-refractivity contribution in [3.8, 4) is 11.5 Å². The summed E-state index contributed by atoms with van der Waals surface area (Å²) in [5.41, 5.74) is 3.49. The summed E-state index contributed by atoms with van der Waals surface area (Å²) in [4.78, 5) is 17.0. The number of benzene rings is 3. The number of carbonyl (C=O) groups is 1. The van der Waals surface area contributed by atoms with Crippen molar-refractivity contribution >= 4 is 16.9 Å². The highest BCUT2D eigenvalue weighted by Crippen LogP contribution is 2.22. The Bertz CT molecular complexity index is 1250. The first kappa shape index (κ1) is 26.3.